The summed E-state index contributed by atoms with van der Waals surface area (Å²) in [6.07, 6.45) is 0.803. The lowest BCUT2D eigenvalue weighted by Crippen LogP contribution is -2.18. The Morgan fingerprint density at radius 1 is 1.11 bits per heavy atom. The zero-order valence-electron chi connectivity index (χ0n) is 10.5. The molecule has 100 valence electrons. The minimum absolute atomic E-state index is 0.212. The van der Waals surface area contributed by atoms with Gasteiger partial charge >= 0.3 is 0 Å². The van der Waals surface area contributed by atoms with E-state index in [0.29, 0.717) is 5.02 Å². The first-order chi connectivity index (χ1) is 9.10. The number of halogens is 3. The van der Waals surface area contributed by atoms with Gasteiger partial charge in [-0.05, 0) is 54.9 Å². The molecule has 0 aromatic heterocycles. The van der Waals surface area contributed by atoms with Gasteiger partial charge in [-0.25, -0.2) is 0 Å². The van der Waals surface area contributed by atoms with Gasteiger partial charge in [-0.2, -0.15) is 0 Å². The zero-order chi connectivity index (χ0) is 13.8. The Kier molecular flexibility index (Phi) is 5.28. The van der Waals surface area contributed by atoms with Crippen LogP contribution in [0.4, 0.5) is 0 Å². The molecule has 0 saturated carbocycles. The van der Waals surface area contributed by atoms with Crippen molar-refractivity contribution in [2.45, 2.75) is 12.5 Å². The van der Waals surface area contributed by atoms with Crippen molar-refractivity contribution < 1.29 is 0 Å². The Morgan fingerprint density at radius 2 is 1.79 bits per heavy atom. The van der Waals surface area contributed by atoms with Gasteiger partial charge in [0.25, 0.3) is 0 Å². The predicted octanol–water partition coefficient (Wildman–Crippen LogP) is 5.26. The highest BCUT2D eigenvalue weighted by molar-refractivity contribution is 9.10. The Morgan fingerprint density at radius 3 is 2.42 bits per heavy atom. The number of hydrogen-bond acceptors (Lipinski definition) is 1. The molecule has 0 saturated heterocycles. The number of nitrogens with one attached hydrogen (secondary N) is 1. The summed E-state index contributed by atoms with van der Waals surface area (Å²) in [6, 6.07) is 14.1. The average Bonchev–Trinajstić information content (AvgIpc) is 2.41. The lowest BCUT2D eigenvalue weighted by atomic mass is 9.99. The largest absolute Gasteiger partial charge is 0.313 e. The summed E-state index contributed by atoms with van der Waals surface area (Å²) in [7, 11) is 1.95. The van der Waals surface area contributed by atoms with Gasteiger partial charge in [0.1, 0.15) is 0 Å². The lowest BCUT2D eigenvalue weighted by molar-refractivity contribution is 0.592. The van der Waals surface area contributed by atoms with Crippen LogP contribution in [0, 0.1) is 0 Å². The molecule has 0 amide bonds. The standard InChI is InChI=1S/C15H14BrCl2N/c1-19-15(10-2-4-12(16)5-3-10)9-11-8-13(17)6-7-14(11)18/h2-8,15,19H,9H2,1H3. The highest BCUT2D eigenvalue weighted by Crippen LogP contribution is 2.26. The molecule has 0 aliphatic rings. The first-order valence-electron chi connectivity index (χ1n) is 5.97. The zero-order valence-corrected chi connectivity index (χ0v) is 13.6. The molecule has 0 aliphatic carbocycles. The van der Waals surface area contributed by atoms with E-state index in [0.717, 1.165) is 21.5 Å². The van der Waals surface area contributed by atoms with Crippen LogP contribution in [0.3, 0.4) is 0 Å². The van der Waals surface area contributed by atoms with Crippen molar-refractivity contribution in [3.05, 3.63) is 68.1 Å². The summed E-state index contributed by atoms with van der Waals surface area (Å²) < 4.78 is 1.08. The molecule has 2 aromatic carbocycles. The molecule has 19 heavy (non-hydrogen) atoms. The Balaban J connectivity index is 2.23. The fourth-order valence-electron chi connectivity index (χ4n) is 2.00. The molecule has 1 atom stereocenters. The minimum Gasteiger partial charge on any atom is -0.313 e. The van der Waals surface area contributed by atoms with Gasteiger partial charge in [0.2, 0.25) is 0 Å². The lowest BCUT2D eigenvalue weighted by Gasteiger charge is -2.18. The van der Waals surface area contributed by atoms with E-state index in [1.807, 2.05) is 31.3 Å². The smallest absolute Gasteiger partial charge is 0.0439 e. The Bertz CT molecular complexity index is 555. The first-order valence-corrected chi connectivity index (χ1v) is 7.51. The van der Waals surface area contributed by atoms with Crippen LogP contribution < -0.4 is 5.32 Å². The highest BCUT2D eigenvalue weighted by Gasteiger charge is 2.12. The summed E-state index contributed by atoms with van der Waals surface area (Å²) in [4.78, 5) is 0. The fraction of sp³-hybridized carbons (Fsp3) is 0.200. The van der Waals surface area contributed by atoms with Crippen LogP contribution in [-0.4, -0.2) is 7.05 Å². The normalized spacial score (nSPS) is 12.4. The van der Waals surface area contributed by atoms with Crippen molar-refractivity contribution in [3.8, 4) is 0 Å². The third-order valence-corrected chi connectivity index (χ3v) is 4.19. The molecular formula is C15H14BrCl2N. The van der Waals surface area contributed by atoms with Gasteiger partial charge in [0.15, 0.2) is 0 Å². The maximum Gasteiger partial charge on any atom is 0.0439 e. The van der Waals surface area contributed by atoms with Crippen molar-refractivity contribution in [2.24, 2.45) is 0 Å². The second kappa shape index (κ2) is 6.76. The quantitative estimate of drug-likeness (QED) is 0.786. The summed E-state index contributed by atoms with van der Waals surface area (Å²) in [5.41, 5.74) is 2.28. The molecule has 2 aromatic rings. The van der Waals surface area contributed by atoms with Crippen LogP contribution in [0.15, 0.2) is 46.9 Å². The molecule has 1 nitrogen and oxygen atoms in total. The summed E-state index contributed by atoms with van der Waals surface area (Å²) in [6.45, 7) is 0. The molecule has 0 radical (unpaired) electrons. The molecule has 0 bridgehead atoms. The fourth-order valence-corrected chi connectivity index (χ4v) is 2.66. The van der Waals surface area contributed by atoms with Crippen molar-refractivity contribution in [2.75, 3.05) is 7.05 Å². The van der Waals surface area contributed by atoms with Crippen molar-refractivity contribution in [1.82, 2.24) is 5.32 Å². The Labute approximate surface area is 132 Å². The van der Waals surface area contributed by atoms with Crippen LogP contribution in [-0.2, 0) is 6.42 Å². The maximum absolute atomic E-state index is 6.22. The summed E-state index contributed by atoms with van der Waals surface area (Å²) in [5, 5.41) is 4.78. The van der Waals surface area contributed by atoms with Crippen LogP contribution >= 0.6 is 39.1 Å². The number of likely N-dealkylation sites (N-methyl/N-ethyl adjacent to an activating group) is 1. The van der Waals surface area contributed by atoms with Crippen molar-refractivity contribution in [3.63, 3.8) is 0 Å². The Hall–Kier alpha value is -0.540. The molecule has 1 N–H and O–H groups in total. The van der Waals surface area contributed by atoms with Gasteiger partial charge in [-0.1, -0.05) is 51.3 Å². The van der Waals surface area contributed by atoms with E-state index in [-0.39, 0.29) is 6.04 Å². The molecule has 0 fully saturated rings. The maximum atomic E-state index is 6.22. The molecule has 4 heteroatoms. The molecular weight excluding hydrogens is 345 g/mol. The predicted molar refractivity (Wildman–Crippen MR) is 86.1 cm³/mol. The second-order valence-corrected chi connectivity index (χ2v) is 6.09. The van der Waals surface area contributed by atoms with E-state index in [9.17, 15) is 0 Å². The van der Waals surface area contributed by atoms with Gasteiger partial charge in [0.05, 0.1) is 0 Å². The van der Waals surface area contributed by atoms with E-state index in [1.54, 1.807) is 6.07 Å². The van der Waals surface area contributed by atoms with Crippen molar-refractivity contribution in [1.29, 1.82) is 0 Å². The van der Waals surface area contributed by atoms with Gasteiger partial charge < -0.3 is 5.32 Å². The van der Waals surface area contributed by atoms with Crippen LogP contribution in [0.25, 0.3) is 0 Å². The molecule has 0 spiro atoms. The number of benzene rings is 2. The van der Waals surface area contributed by atoms with E-state index in [2.05, 4.69) is 33.4 Å². The number of rotatable bonds is 4. The first kappa shape index (κ1) is 14.9. The molecule has 0 heterocycles. The highest BCUT2D eigenvalue weighted by atomic mass is 79.9. The van der Waals surface area contributed by atoms with Crippen LogP contribution in [0.2, 0.25) is 10.0 Å². The SMILES string of the molecule is CNC(Cc1cc(Cl)ccc1Cl)c1ccc(Br)cc1. The van der Waals surface area contributed by atoms with E-state index in [4.69, 9.17) is 23.2 Å². The third kappa shape index (κ3) is 3.96. The van der Waals surface area contributed by atoms with E-state index in [1.165, 1.54) is 5.56 Å². The number of hydrogen-bond donors (Lipinski definition) is 1. The van der Waals surface area contributed by atoms with Crippen molar-refractivity contribution >= 4 is 39.1 Å². The summed E-state index contributed by atoms with van der Waals surface area (Å²) in [5.74, 6) is 0. The second-order valence-electron chi connectivity index (χ2n) is 4.33. The summed E-state index contributed by atoms with van der Waals surface area (Å²) >= 11 is 15.7. The van der Waals surface area contributed by atoms with Crippen LogP contribution in [0.5, 0.6) is 0 Å². The molecule has 2 rings (SSSR count). The van der Waals surface area contributed by atoms with Gasteiger partial charge in [-0.15, -0.1) is 0 Å². The van der Waals surface area contributed by atoms with Gasteiger partial charge in [-0.3, -0.25) is 0 Å². The monoisotopic (exact) mass is 357 g/mol. The third-order valence-electron chi connectivity index (χ3n) is 3.05. The topological polar surface area (TPSA) is 12.0 Å². The van der Waals surface area contributed by atoms with E-state index >= 15 is 0 Å². The van der Waals surface area contributed by atoms with Gasteiger partial charge in [0, 0.05) is 20.6 Å². The molecule has 0 aliphatic heterocycles. The average molecular weight is 359 g/mol. The minimum atomic E-state index is 0.212. The van der Waals surface area contributed by atoms with Crippen LogP contribution in [0.1, 0.15) is 17.2 Å². The van der Waals surface area contributed by atoms with E-state index < -0.39 is 0 Å². The molecule has 1 unspecified atom stereocenters.